The van der Waals surface area contributed by atoms with Crippen molar-refractivity contribution in [3.05, 3.63) is 0 Å². The third-order valence-corrected chi connectivity index (χ3v) is 3.27. The molecule has 2 aliphatic heterocycles. The smallest absolute Gasteiger partial charge is 0.136 e. The molecule has 0 aromatic carbocycles. The number of ketones is 1. The molecule has 0 aromatic heterocycles. The van der Waals surface area contributed by atoms with Gasteiger partial charge in [-0.2, -0.15) is 0 Å². The van der Waals surface area contributed by atoms with Gasteiger partial charge in [-0.1, -0.05) is 13.8 Å². The van der Waals surface area contributed by atoms with Gasteiger partial charge < -0.3 is 0 Å². The minimum Gasteiger partial charge on any atom is -0.300 e. The Morgan fingerprint density at radius 3 is 2.31 bits per heavy atom. The highest BCUT2D eigenvalue weighted by Gasteiger charge is 2.39. The Bertz CT molecular complexity index is 196. The van der Waals surface area contributed by atoms with Crippen LogP contribution >= 0.6 is 0 Å². The summed E-state index contributed by atoms with van der Waals surface area (Å²) in [6, 6.07) is 1.18. The molecule has 0 aliphatic carbocycles. The molecule has 2 bridgehead atoms. The van der Waals surface area contributed by atoms with E-state index in [9.17, 15) is 4.79 Å². The SMILES string of the molecule is CC(C)CN1[C@H]2CC[C@H]1CC(=O)C2. The van der Waals surface area contributed by atoms with Gasteiger partial charge in [0.25, 0.3) is 0 Å². The van der Waals surface area contributed by atoms with E-state index in [0.717, 1.165) is 18.8 Å². The van der Waals surface area contributed by atoms with Crippen LogP contribution in [-0.2, 0) is 4.79 Å². The van der Waals surface area contributed by atoms with Crippen molar-refractivity contribution in [1.82, 2.24) is 4.90 Å². The second kappa shape index (κ2) is 3.41. The zero-order valence-corrected chi connectivity index (χ0v) is 8.62. The molecule has 0 radical (unpaired) electrons. The summed E-state index contributed by atoms with van der Waals surface area (Å²) < 4.78 is 0. The highest BCUT2D eigenvalue weighted by molar-refractivity contribution is 5.80. The highest BCUT2D eigenvalue weighted by atomic mass is 16.1. The highest BCUT2D eigenvalue weighted by Crippen LogP contribution is 2.34. The monoisotopic (exact) mass is 181 g/mol. The van der Waals surface area contributed by atoms with Crippen LogP contribution < -0.4 is 0 Å². The topological polar surface area (TPSA) is 20.3 Å². The lowest BCUT2D eigenvalue weighted by molar-refractivity contribution is -0.123. The maximum atomic E-state index is 11.3. The van der Waals surface area contributed by atoms with Crippen molar-refractivity contribution in [2.75, 3.05) is 6.54 Å². The number of hydrogen-bond acceptors (Lipinski definition) is 2. The Labute approximate surface area is 80.3 Å². The van der Waals surface area contributed by atoms with E-state index in [1.807, 2.05) is 0 Å². The van der Waals surface area contributed by atoms with Gasteiger partial charge in [-0.3, -0.25) is 9.69 Å². The van der Waals surface area contributed by atoms with Crippen molar-refractivity contribution in [1.29, 1.82) is 0 Å². The van der Waals surface area contributed by atoms with Gasteiger partial charge in [0.1, 0.15) is 5.78 Å². The molecule has 0 aromatic rings. The molecule has 74 valence electrons. The van der Waals surface area contributed by atoms with E-state index < -0.39 is 0 Å². The minimum absolute atomic E-state index is 0.493. The van der Waals surface area contributed by atoms with Crippen LogP contribution in [0.15, 0.2) is 0 Å². The number of fused-ring (bicyclic) bond motifs is 2. The second-order valence-electron chi connectivity index (χ2n) is 4.92. The van der Waals surface area contributed by atoms with Gasteiger partial charge in [-0.25, -0.2) is 0 Å². The van der Waals surface area contributed by atoms with Crippen molar-refractivity contribution < 1.29 is 4.79 Å². The fraction of sp³-hybridized carbons (Fsp3) is 0.909. The standard InChI is InChI=1S/C11H19NO/c1-8(2)7-12-9-3-4-10(12)6-11(13)5-9/h8-10H,3-7H2,1-2H3/t9-,10-/m0/s1. The maximum absolute atomic E-state index is 11.3. The fourth-order valence-electron chi connectivity index (χ4n) is 2.78. The van der Waals surface area contributed by atoms with Gasteiger partial charge >= 0.3 is 0 Å². The number of rotatable bonds is 2. The Morgan fingerprint density at radius 2 is 1.85 bits per heavy atom. The summed E-state index contributed by atoms with van der Waals surface area (Å²) in [6.07, 6.45) is 4.15. The van der Waals surface area contributed by atoms with Gasteiger partial charge in [0.05, 0.1) is 0 Å². The van der Waals surface area contributed by atoms with Gasteiger partial charge in [0, 0.05) is 31.5 Å². The summed E-state index contributed by atoms with van der Waals surface area (Å²) in [7, 11) is 0. The number of piperidine rings is 1. The van der Waals surface area contributed by atoms with Crippen LogP contribution in [0.4, 0.5) is 0 Å². The van der Waals surface area contributed by atoms with Crippen LogP contribution in [0.25, 0.3) is 0 Å². The largest absolute Gasteiger partial charge is 0.300 e. The molecular weight excluding hydrogens is 162 g/mol. The maximum Gasteiger partial charge on any atom is 0.136 e. The molecule has 2 heteroatoms. The number of Topliss-reactive ketones (excluding diaryl/α,β-unsaturated/α-hetero) is 1. The second-order valence-corrected chi connectivity index (χ2v) is 4.92. The van der Waals surface area contributed by atoms with Crippen LogP contribution in [0.1, 0.15) is 39.5 Å². The van der Waals surface area contributed by atoms with Gasteiger partial charge in [0.2, 0.25) is 0 Å². The van der Waals surface area contributed by atoms with Crippen molar-refractivity contribution >= 4 is 5.78 Å². The third kappa shape index (κ3) is 1.78. The molecule has 2 nitrogen and oxygen atoms in total. The fourth-order valence-corrected chi connectivity index (χ4v) is 2.78. The Kier molecular flexibility index (Phi) is 2.41. The van der Waals surface area contributed by atoms with E-state index in [0.29, 0.717) is 17.9 Å². The summed E-state index contributed by atoms with van der Waals surface area (Å²) in [5.41, 5.74) is 0. The molecular formula is C11H19NO. The van der Waals surface area contributed by atoms with E-state index in [4.69, 9.17) is 0 Å². The lowest BCUT2D eigenvalue weighted by Crippen LogP contribution is -2.44. The molecule has 0 saturated carbocycles. The van der Waals surface area contributed by atoms with Crippen LogP contribution in [0.5, 0.6) is 0 Å². The van der Waals surface area contributed by atoms with Gasteiger partial charge in [-0.05, 0) is 18.8 Å². The molecule has 2 atom stereocenters. The molecule has 2 fully saturated rings. The Hall–Kier alpha value is -0.370. The summed E-state index contributed by atoms with van der Waals surface area (Å²) >= 11 is 0. The van der Waals surface area contributed by atoms with Gasteiger partial charge in [0.15, 0.2) is 0 Å². The predicted molar refractivity (Wildman–Crippen MR) is 52.6 cm³/mol. The van der Waals surface area contributed by atoms with E-state index in [2.05, 4.69) is 18.7 Å². The average molecular weight is 181 g/mol. The molecule has 13 heavy (non-hydrogen) atoms. The lowest BCUT2D eigenvalue weighted by atomic mass is 10.00. The third-order valence-electron chi connectivity index (χ3n) is 3.27. The van der Waals surface area contributed by atoms with Crippen LogP contribution in [0.3, 0.4) is 0 Å². The molecule has 0 spiro atoms. The van der Waals surface area contributed by atoms with E-state index >= 15 is 0 Å². The summed E-state index contributed by atoms with van der Waals surface area (Å²) in [5.74, 6) is 1.23. The first kappa shape index (κ1) is 9.20. The molecule has 0 amide bonds. The predicted octanol–water partition coefficient (Wildman–Crippen LogP) is 1.84. The van der Waals surface area contributed by atoms with E-state index in [1.54, 1.807) is 0 Å². The first-order valence-corrected chi connectivity index (χ1v) is 5.44. The Morgan fingerprint density at radius 1 is 1.31 bits per heavy atom. The molecule has 2 aliphatic rings. The number of carbonyl (C=O) groups excluding carboxylic acids is 1. The quantitative estimate of drug-likeness (QED) is 0.648. The van der Waals surface area contributed by atoms with Crippen molar-refractivity contribution in [3.8, 4) is 0 Å². The first-order valence-electron chi connectivity index (χ1n) is 5.44. The van der Waals surface area contributed by atoms with Crippen LogP contribution in [0.2, 0.25) is 0 Å². The Balaban J connectivity index is 2.02. The normalized spacial score (nSPS) is 34.5. The zero-order chi connectivity index (χ0) is 9.42. The van der Waals surface area contributed by atoms with Crippen molar-refractivity contribution in [3.63, 3.8) is 0 Å². The van der Waals surface area contributed by atoms with Crippen LogP contribution in [0, 0.1) is 5.92 Å². The first-order chi connectivity index (χ1) is 6.16. The number of carbonyl (C=O) groups is 1. The van der Waals surface area contributed by atoms with Crippen molar-refractivity contribution in [2.45, 2.75) is 51.6 Å². The summed E-state index contributed by atoms with van der Waals surface area (Å²) in [6.45, 7) is 5.70. The summed E-state index contributed by atoms with van der Waals surface area (Å²) in [5, 5.41) is 0. The lowest BCUT2D eigenvalue weighted by Gasteiger charge is -2.35. The molecule has 2 heterocycles. The number of hydrogen-bond donors (Lipinski definition) is 0. The van der Waals surface area contributed by atoms with Crippen LogP contribution in [-0.4, -0.2) is 29.3 Å². The van der Waals surface area contributed by atoms with Crippen molar-refractivity contribution in [2.24, 2.45) is 5.92 Å². The van der Waals surface area contributed by atoms with E-state index in [1.165, 1.54) is 19.4 Å². The molecule has 0 N–H and O–H groups in total. The molecule has 0 unspecified atom stereocenters. The zero-order valence-electron chi connectivity index (χ0n) is 8.62. The minimum atomic E-state index is 0.493. The molecule has 2 rings (SSSR count). The number of nitrogens with zero attached hydrogens (tertiary/aromatic N) is 1. The average Bonchev–Trinajstić information content (AvgIpc) is 2.32. The summed E-state index contributed by atoms with van der Waals surface area (Å²) in [4.78, 5) is 13.9. The van der Waals surface area contributed by atoms with E-state index in [-0.39, 0.29) is 0 Å². The van der Waals surface area contributed by atoms with Gasteiger partial charge in [-0.15, -0.1) is 0 Å². The molecule has 2 saturated heterocycles.